The van der Waals surface area contributed by atoms with E-state index in [4.69, 9.17) is 10.5 Å². The van der Waals surface area contributed by atoms with Crippen LogP contribution in [0, 0.1) is 0 Å². The molecule has 0 aliphatic heterocycles. The molecule has 0 radical (unpaired) electrons. The summed E-state index contributed by atoms with van der Waals surface area (Å²) in [7, 11) is 0. The van der Waals surface area contributed by atoms with Crippen molar-refractivity contribution >= 4 is 29.9 Å². The van der Waals surface area contributed by atoms with Gasteiger partial charge in [-0.15, -0.1) is 24.0 Å². The van der Waals surface area contributed by atoms with Gasteiger partial charge in [-0.25, -0.2) is 0 Å². The summed E-state index contributed by atoms with van der Waals surface area (Å²) in [5.74, 6) is 0.277. The van der Waals surface area contributed by atoms with Crippen LogP contribution in [-0.4, -0.2) is 12.5 Å². The number of esters is 1. The van der Waals surface area contributed by atoms with Crippen LogP contribution in [0.4, 0.5) is 0 Å². The molecule has 0 saturated carbocycles. The number of para-hydroxylation sites is 1. The van der Waals surface area contributed by atoms with Crippen molar-refractivity contribution in [3.63, 3.8) is 0 Å². The molecule has 1 rings (SSSR count). The molecule has 0 bridgehead atoms. The molecule has 0 heterocycles. The molecule has 0 atom stereocenters. The van der Waals surface area contributed by atoms with E-state index in [-0.39, 0.29) is 36.4 Å². The van der Waals surface area contributed by atoms with E-state index in [0.29, 0.717) is 12.3 Å². The molecule has 0 spiro atoms. The van der Waals surface area contributed by atoms with Gasteiger partial charge in [0.15, 0.2) is 0 Å². The Balaban J connectivity index is 0.00000144. The third-order valence-electron chi connectivity index (χ3n) is 1.32. The quantitative estimate of drug-likeness (QED) is 0.523. The van der Waals surface area contributed by atoms with E-state index in [1.165, 1.54) is 0 Å². The maximum absolute atomic E-state index is 10.9. The Hall–Kier alpha value is -0.620. The van der Waals surface area contributed by atoms with Crippen molar-refractivity contribution in [3.05, 3.63) is 30.3 Å². The first-order valence-electron chi connectivity index (χ1n) is 3.78. The number of halogens is 1. The number of rotatable bonds is 3. The molecule has 1 aromatic rings. The zero-order chi connectivity index (χ0) is 8.81. The highest BCUT2D eigenvalue weighted by Gasteiger charge is 2.01. The highest BCUT2D eigenvalue weighted by Crippen LogP contribution is 2.08. The van der Waals surface area contributed by atoms with Crippen molar-refractivity contribution < 1.29 is 9.53 Å². The first-order valence-corrected chi connectivity index (χ1v) is 3.78. The minimum absolute atomic E-state index is 0. The number of nitrogens with two attached hydrogens (primary N) is 1. The van der Waals surface area contributed by atoms with Gasteiger partial charge in [0.2, 0.25) is 0 Å². The minimum atomic E-state index is -0.288. The summed E-state index contributed by atoms with van der Waals surface area (Å²) in [5.41, 5.74) is 5.18. The summed E-state index contributed by atoms with van der Waals surface area (Å²) in [4.78, 5) is 10.9. The van der Waals surface area contributed by atoms with E-state index < -0.39 is 0 Å². The Morgan fingerprint density at radius 2 is 1.92 bits per heavy atom. The van der Waals surface area contributed by atoms with Crippen LogP contribution in [-0.2, 0) is 4.79 Å². The van der Waals surface area contributed by atoms with Crippen molar-refractivity contribution in [1.29, 1.82) is 0 Å². The number of hydrogen-bond acceptors (Lipinski definition) is 3. The molecular formula is C9H12INO2. The lowest BCUT2D eigenvalue weighted by molar-refractivity contribution is -0.134. The lowest BCUT2D eigenvalue weighted by Crippen LogP contribution is -2.13. The average Bonchev–Trinajstić information content (AvgIpc) is 2.06. The third-order valence-corrected chi connectivity index (χ3v) is 1.32. The van der Waals surface area contributed by atoms with Gasteiger partial charge >= 0.3 is 5.97 Å². The van der Waals surface area contributed by atoms with Gasteiger partial charge in [0.05, 0.1) is 6.42 Å². The van der Waals surface area contributed by atoms with Crippen LogP contribution in [0.15, 0.2) is 30.3 Å². The van der Waals surface area contributed by atoms with E-state index in [1.54, 1.807) is 12.1 Å². The molecule has 1 aromatic carbocycles. The Morgan fingerprint density at radius 3 is 2.46 bits per heavy atom. The maximum Gasteiger partial charge on any atom is 0.312 e. The molecular weight excluding hydrogens is 281 g/mol. The van der Waals surface area contributed by atoms with Crippen LogP contribution < -0.4 is 10.5 Å². The normalized spacial score (nSPS) is 8.69. The van der Waals surface area contributed by atoms with Crippen molar-refractivity contribution in [3.8, 4) is 5.75 Å². The standard InChI is InChI=1S/C9H11NO2.HI/c10-7-6-9(11)12-8-4-2-1-3-5-8;/h1-5H,6-7,10H2;1H. The number of ether oxygens (including phenoxy) is 1. The highest BCUT2D eigenvalue weighted by atomic mass is 127. The van der Waals surface area contributed by atoms with Crippen LogP contribution in [0.5, 0.6) is 5.75 Å². The van der Waals surface area contributed by atoms with Crippen LogP contribution in [0.25, 0.3) is 0 Å². The predicted octanol–water partition coefficient (Wildman–Crippen LogP) is 1.56. The number of carbonyl (C=O) groups excluding carboxylic acids is 1. The lowest BCUT2D eigenvalue weighted by atomic mass is 10.3. The second-order valence-electron chi connectivity index (χ2n) is 2.33. The van der Waals surface area contributed by atoms with E-state index in [2.05, 4.69) is 0 Å². The topological polar surface area (TPSA) is 52.3 Å². The van der Waals surface area contributed by atoms with Gasteiger partial charge in [0.25, 0.3) is 0 Å². The molecule has 0 saturated heterocycles. The number of hydrogen-bond donors (Lipinski definition) is 1. The van der Waals surface area contributed by atoms with Crippen LogP contribution in [0.3, 0.4) is 0 Å². The zero-order valence-corrected chi connectivity index (χ0v) is 9.43. The Bertz CT molecular complexity index is 251. The Kier molecular flexibility index (Phi) is 6.52. The molecule has 13 heavy (non-hydrogen) atoms. The molecule has 0 fully saturated rings. The summed E-state index contributed by atoms with van der Waals surface area (Å²) < 4.78 is 4.94. The number of carbonyl (C=O) groups is 1. The summed E-state index contributed by atoms with van der Waals surface area (Å²) in [6.45, 7) is 0.325. The SMILES string of the molecule is I.NCCC(=O)Oc1ccccc1. The van der Waals surface area contributed by atoms with Crippen molar-refractivity contribution in [1.82, 2.24) is 0 Å². The fraction of sp³-hybridized carbons (Fsp3) is 0.222. The van der Waals surface area contributed by atoms with Crippen LogP contribution >= 0.6 is 24.0 Å². The Morgan fingerprint density at radius 1 is 1.31 bits per heavy atom. The molecule has 3 nitrogen and oxygen atoms in total. The van der Waals surface area contributed by atoms with Gasteiger partial charge in [0, 0.05) is 6.54 Å². The molecule has 4 heteroatoms. The molecule has 72 valence electrons. The van der Waals surface area contributed by atoms with Crippen molar-refractivity contribution in [2.45, 2.75) is 6.42 Å². The maximum atomic E-state index is 10.9. The molecule has 2 N–H and O–H groups in total. The molecule has 0 aromatic heterocycles. The van der Waals surface area contributed by atoms with E-state index in [9.17, 15) is 4.79 Å². The van der Waals surface area contributed by atoms with Crippen molar-refractivity contribution in [2.75, 3.05) is 6.54 Å². The molecule has 0 aliphatic carbocycles. The second kappa shape index (κ2) is 6.85. The van der Waals surface area contributed by atoms with Crippen molar-refractivity contribution in [2.24, 2.45) is 5.73 Å². The first-order chi connectivity index (χ1) is 5.83. The third kappa shape index (κ3) is 4.84. The van der Waals surface area contributed by atoms with E-state index >= 15 is 0 Å². The highest BCUT2D eigenvalue weighted by molar-refractivity contribution is 14.0. The zero-order valence-electron chi connectivity index (χ0n) is 7.10. The first kappa shape index (κ1) is 12.4. The van der Waals surface area contributed by atoms with E-state index in [1.807, 2.05) is 18.2 Å². The van der Waals surface area contributed by atoms with Gasteiger partial charge in [-0.3, -0.25) is 4.79 Å². The van der Waals surface area contributed by atoms with E-state index in [0.717, 1.165) is 0 Å². The molecule has 0 aliphatic rings. The Labute approximate surface area is 94.3 Å². The lowest BCUT2D eigenvalue weighted by Gasteiger charge is -2.01. The van der Waals surface area contributed by atoms with Gasteiger partial charge in [-0.05, 0) is 12.1 Å². The summed E-state index contributed by atoms with van der Waals surface area (Å²) in [6, 6.07) is 8.94. The molecule has 0 unspecified atom stereocenters. The van der Waals surface area contributed by atoms with Gasteiger partial charge in [-0.2, -0.15) is 0 Å². The molecule has 0 amide bonds. The van der Waals surface area contributed by atoms with Crippen LogP contribution in [0.2, 0.25) is 0 Å². The van der Waals surface area contributed by atoms with Gasteiger partial charge in [0.1, 0.15) is 5.75 Å². The summed E-state index contributed by atoms with van der Waals surface area (Å²) in [5, 5.41) is 0. The fourth-order valence-electron chi connectivity index (χ4n) is 0.789. The smallest absolute Gasteiger partial charge is 0.312 e. The number of benzene rings is 1. The largest absolute Gasteiger partial charge is 0.426 e. The van der Waals surface area contributed by atoms with Crippen LogP contribution in [0.1, 0.15) is 6.42 Å². The van der Waals surface area contributed by atoms with Gasteiger partial charge in [-0.1, -0.05) is 18.2 Å². The van der Waals surface area contributed by atoms with Gasteiger partial charge < -0.3 is 10.5 Å². The monoisotopic (exact) mass is 293 g/mol. The fourth-order valence-corrected chi connectivity index (χ4v) is 0.789. The summed E-state index contributed by atoms with van der Waals surface area (Å²) in [6.07, 6.45) is 0.259. The predicted molar refractivity (Wildman–Crippen MR) is 61.2 cm³/mol. The second-order valence-corrected chi connectivity index (χ2v) is 2.33. The minimum Gasteiger partial charge on any atom is -0.426 e. The average molecular weight is 293 g/mol. The summed E-state index contributed by atoms with van der Waals surface area (Å²) >= 11 is 0.